The van der Waals surface area contributed by atoms with Crippen molar-refractivity contribution in [3.8, 4) is 11.5 Å². The zero-order valence-corrected chi connectivity index (χ0v) is 21.1. The molecule has 1 aliphatic rings. The van der Waals surface area contributed by atoms with E-state index in [1.807, 2.05) is 54.6 Å². The number of amides is 1. The van der Waals surface area contributed by atoms with Gasteiger partial charge in [-0.2, -0.15) is 0 Å². The summed E-state index contributed by atoms with van der Waals surface area (Å²) in [7, 11) is 1.56. The Morgan fingerprint density at radius 3 is 2.62 bits per heavy atom. The fourth-order valence-electron chi connectivity index (χ4n) is 4.51. The zero-order chi connectivity index (χ0) is 25.6. The molecule has 1 N–H and O–H groups in total. The zero-order valence-electron chi connectivity index (χ0n) is 20.3. The predicted molar refractivity (Wildman–Crippen MR) is 140 cm³/mol. The molecule has 2 atom stereocenters. The van der Waals surface area contributed by atoms with Gasteiger partial charge in [-0.05, 0) is 58.3 Å². The standard InChI is InChI=1S/C27H27ClN6O3/c1-36-26-12-9-21(28)13-24(26)30-27(35)25-14-22(34-18-29-31-32-34)16-33(25)15-19-7-10-23(11-8-19)37-17-20-5-3-2-4-6-20/h2-13,18,22,25H,14-17H2,1H3,(H,30,35)/t22-,25+/m1/s1. The minimum Gasteiger partial charge on any atom is -0.495 e. The van der Waals surface area contributed by atoms with Crippen molar-refractivity contribution in [2.45, 2.75) is 31.7 Å². The van der Waals surface area contributed by atoms with Crippen LogP contribution in [0.25, 0.3) is 0 Å². The molecule has 9 nitrogen and oxygen atoms in total. The van der Waals surface area contributed by atoms with Gasteiger partial charge >= 0.3 is 0 Å². The largest absolute Gasteiger partial charge is 0.495 e. The molecule has 0 unspecified atom stereocenters. The number of aromatic nitrogens is 4. The van der Waals surface area contributed by atoms with Crippen LogP contribution in [-0.4, -0.2) is 50.7 Å². The SMILES string of the molecule is COc1ccc(Cl)cc1NC(=O)[C@@H]1C[C@@H](n2cnnn2)CN1Cc1ccc(OCc2ccccc2)cc1. The van der Waals surface area contributed by atoms with Crippen LogP contribution >= 0.6 is 11.6 Å². The molecule has 5 rings (SSSR count). The topological polar surface area (TPSA) is 94.4 Å². The maximum atomic E-state index is 13.5. The number of carbonyl (C=O) groups excluding carboxylic acids is 1. The molecule has 3 aromatic carbocycles. The molecule has 1 amide bonds. The van der Waals surface area contributed by atoms with E-state index in [2.05, 4.69) is 25.7 Å². The van der Waals surface area contributed by atoms with Gasteiger partial charge in [-0.15, -0.1) is 5.10 Å². The van der Waals surface area contributed by atoms with Crippen LogP contribution in [0.1, 0.15) is 23.6 Å². The van der Waals surface area contributed by atoms with E-state index in [-0.39, 0.29) is 11.9 Å². The molecule has 1 aliphatic heterocycles. The number of hydrogen-bond acceptors (Lipinski definition) is 7. The minimum absolute atomic E-state index is 0.0273. The highest BCUT2D eigenvalue weighted by Gasteiger charge is 2.38. The van der Waals surface area contributed by atoms with Crippen LogP contribution in [-0.2, 0) is 17.9 Å². The molecule has 0 bridgehead atoms. The van der Waals surface area contributed by atoms with Crippen LogP contribution in [0.4, 0.5) is 5.69 Å². The van der Waals surface area contributed by atoms with Gasteiger partial charge in [-0.25, -0.2) is 4.68 Å². The van der Waals surface area contributed by atoms with Gasteiger partial charge in [0.25, 0.3) is 0 Å². The molecule has 1 aromatic heterocycles. The smallest absolute Gasteiger partial charge is 0.241 e. The molecule has 0 aliphatic carbocycles. The van der Waals surface area contributed by atoms with Crippen LogP contribution in [0.3, 0.4) is 0 Å². The minimum atomic E-state index is -0.396. The number of ether oxygens (including phenoxy) is 2. The first-order chi connectivity index (χ1) is 18.1. The van der Waals surface area contributed by atoms with E-state index in [0.29, 0.717) is 42.6 Å². The first kappa shape index (κ1) is 24.7. The van der Waals surface area contributed by atoms with Crippen molar-refractivity contribution >= 4 is 23.2 Å². The van der Waals surface area contributed by atoms with Gasteiger partial charge in [0.05, 0.1) is 24.9 Å². The third-order valence-corrected chi connectivity index (χ3v) is 6.63. The molecule has 0 saturated carbocycles. The second kappa shape index (κ2) is 11.4. The van der Waals surface area contributed by atoms with Crippen molar-refractivity contribution in [3.63, 3.8) is 0 Å². The van der Waals surface area contributed by atoms with Gasteiger partial charge in [0.1, 0.15) is 24.4 Å². The number of nitrogens with zero attached hydrogens (tertiary/aromatic N) is 5. The normalized spacial score (nSPS) is 17.5. The second-order valence-corrected chi connectivity index (χ2v) is 9.31. The maximum Gasteiger partial charge on any atom is 0.241 e. The summed E-state index contributed by atoms with van der Waals surface area (Å²) in [4.78, 5) is 15.6. The number of methoxy groups -OCH3 is 1. The Hall–Kier alpha value is -3.95. The summed E-state index contributed by atoms with van der Waals surface area (Å²) in [5, 5.41) is 15.1. The van der Waals surface area contributed by atoms with E-state index in [4.69, 9.17) is 21.1 Å². The van der Waals surface area contributed by atoms with E-state index in [1.54, 1.807) is 36.3 Å². The summed E-state index contributed by atoms with van der Waals surface area (Å²) in [6, 6.07) is 22.7. The Morgan fingerprint density at radius 1 is 1.08 bits per heavy atom. The second-order valence-electron chi connectivity index (χ2n) is 8.88. The first-order valence-corrected chi connectivity index (χ1v) is 12.3. The molecular formula is C27H27ClN6O3. The van der Waals surface area contributed by atoms with Gasteiger partial charge in [0.15, 0.2) is 0 Å². The van der Waals surface area contributed by atoms with Crippen LogP contribution in [0.5, 0.6) is 11.5 Å². The maximum absolute atomic E-state index is 13.5. The Labute approximate surface area is 220 Å². The van der Waals surface area contributed by atoms with E-state index < -0.39 is 6.04 Å². The number of benzene rings is 3. The number of halogens is 1. The van der Waals surface area contributed by atoms with E-state index >= 15 is 0 Å². The van der Waals surface area contributed by atoms with Crippen LogP contribution in [0.2, 0.25) is 5.02 Å². The number of hydrogen-bond donors (Lipinski definition) is 1. The molecule has 0 radical (unpaired) electrons. The van der Waals surface area contributed by atoms with Gasteiger partial charge in [0.2, 0.25) is 5.91 Å². The Bertz CT molecular complexity index is 1320. The number of rotatable bonds is 9. The summed E-state index contributed by atoms with van der Waals surface area (Å²) in [6.07, 6.45) is 2.15. The third kappa shape index (κ3) is 6.07. The average molecular weight is 519 g/mol. The quantitative estimate of drug-likeness (QED) is 0.351. The molecule has 2 heterocycles. The lowest BCUT2D eigenvalue weighted by Gasteiger charge is -2.24. The van der Waals surface area contributed by atoms with Crippen molar-refractivity contribution in [2.75, 3.05) is 19.0 Å². The summed E-state index contributed by atoms with van der Waals surface area (Å²) in [5.74, 6) is 1.20. The van der Waals surface area contributed by atoms with Gasteiger partial charge in [0, 0.05) is 18.1 Å². The molecule has 10 heteroatoms. The highest BCUT2D eigenvalue weighted by molar-refractivity contribution is 6.31. The van der Waals surface area contributed by atoms with Gasteiger partial charge < -0.3 is 14.8 Å². The predicted octanol–water partition coefficient (Wildman–Crippen LogP) is 4.37. The average Bonchev–Trinajstić information content (AvgIpc) is 3.60. The summed E-state index contributed by atoms with van der Waals surface area (Å²) < 4.78 is 13.0. The lowest BCUT2D eigenvalue weighted by molar-refractivity contribution is -0.120. The monoisotopic (exact) mass is 518 g/mol. The van der Waals surface area contributed by atoms with Crippen LogP contribution < -0.4 is 14.8 Å². The molecule has 1 fully saturated rings. The number of anilines is 1. The van der Waals surface area contributed by atoms with Crippen molar-refractivity contribution < 1.29 is 14.3 Å². The van der Waals surface area contributed by atoms with Crippen molar-refractivity contribution in [3.05, 3.63) is 95.3 Å². The highest BCUT2D eigenvalue weighted by atomic mass is 35.5. The van der Waals surface area contributed by atoms with E-state index in [1.165, 1.54) is 0 Å². The van der Waals surface area contributed by atoms with E-state index in [0.717, 1.165) is 16.9 Å². The fourth-order valence-corrected chi connectivity index (χ4v) is 4.69. The van der Waals surface area contributed by atoms with Crippen molar-refractivity contribution in [1.29, 1.82) is 0 Å². The highest BCUT2D eigenvalue weighted by Crippen LogP contribution is 2.32. The lowest BCUT2D eigenvalue weighted by atomic mass is 10.1. The summed E-state index contributed by atoms with van der Waals surface area (Å²) in [6.45, 7) is 1.72. The molecule has 1 saturated heterocycles. The Kier molecular flexibility index (Phi) is 7.62. The Morgan fingerprint density at radius 2 is 1.89 bits per heavy atom. The van der Waals surface area contributed by atoms with Crippen LogP contribution in [0, 0.1) is 0 Å². The third-order valence-electron chi connectivity index (χ3n) is 6.40. The molecule has 0 spiro atoms. The summed E-state index contributed by atoms with van der Waals surface area (Å²) in [5.41, 5.74) is 2.72. The summed E-state index contributed by atoms with van der Waals surface area (Å²) >= 11 is 6.16. The van der Waals surface area contributed by atoms with Gasteiger partial charge in [-0.3, -0.25) is 9.69 Å². The number of carbonyl (C=O) groups is 1. The lowest BCUT2D eigenvalue weighted by Crippen LogP contribution is -2.39. The first-order valence-electron chi connectivity index (χ1n) is 12.0. The van der Waals surface area contributed by atoms with E-state index in [9.17, 15) is 4.79 Å². The molecular weight excluding hydrogens is 492 g/mol. The van der Waals surface area contributed by atoms with Crippen molar-refractivity contribution in [1.82, 2.24) is 25.1 Å². The fraction of sp³-hybridized carbons (Fsp3) is 0.259. The van der Waals surface area contributed by atoms with Gasteiger partial charge in [-0.1, -0.05) is 54.1 Å². The molecule has 4 aromatic rings. The Balaban J connectivity index is 1.29. The van der Waals surface area contributed by atoms with Crippen molar-refractivity contribution in [2.24, 2.45) is 0 Å². The number of likely N-dealkylation sites (tertiary alicyclic amines) is 1. The van der Waals surface area contributed by atoms with Crippen LogP contribution in [0.15, 0.2) is 79.1 Å². The molecule has 190 valence electrons. The number of tetrazole rings is 1. The number of nitrogens with one attached hydrogen (secondary N) is 1. The molecule has 37 heavy (non-hydrogen) atoms.